The third-order valence-corrected chi connectivity index (χ3v) is 4.35. The molecule has 0 aromatic carbocycles. The molecule has 8 heteroatoms. The highest BCUT2D eigenvalue weighted by molar-refractivity contribution is 5.91. The fraction of sp³-hybridized carbons (Fsp3) is 0.714. The van der Waals surface area contributed by atoms with Crippen molar-refractivity contribution in [2.75, 3.05) is 20.2 Å². The van der Waals surface area contributed by atoms with E-state index in [1.165, 1.54) is 4.90 Å². The highest BCUT2D eigenvalue weighted by Crippen LogP contribution is 2.31. The number of hydrogen-bond acceptors (Lipinski definition) is 6. The lowest BCUT2D eigenvalue weighted by Crippen LogP contribution is -2.53. The molecule has 22 heavy (non-hydrogen) atoms. The number of amides is 2. The minimum atomic E-state index is -0.413. The minimum absolute atomic E-state index is 0.00448. The number of carbonyl (C=O) groups is 2. The molecule has 0 radical (unpaired) electrons. The van der Waals surface area contributed by atoms with Gasteiger partial charge < -0.3 is 19.1 Å². The van der Waals surface area contributed by atoms with Crippen molar-refractivity contribution in [2.24, 2.45) is 0 Å². The molecule has 2 amide bonds. The molecule has 2 aliphatic rings. The van der Waals surface area contributed by atoms with Crippen molar-refractivity contribution in [2.45, 2.75) is 44.9 Å². The van der Waals surface area contributed by atoms with Gasteiger partial charge in [0.05, 0.1) is 12.7 Å². The van der Waals surface area contributed by atoms with Gasteiger partial charge in [0.15, 0.2) is 5.82 Å². The van der Waals surface area contributed by atoms with Crippen LogP contribution in [0.2, 0.25) is 0 Å². The first-order chi connectivity index (χ1) is 10.5. The molecule has 2 aliphatic heterocycles. The van der Waals surface area contributed by atoms with Crippen LogP contribution in [0, 0.1) is 6.92 Å². The molecule has 1 aromatic heterocycles. The molecule has 0 unspecified atom stereocenters. The molecule has 3 rings (SSSR count). The van der Waals surface area contributed by atoms with E-state index >= 15 is 0 Å². The van der Waals surface area contributed by atoms with Crippen LogP contribution in [0.25, 0.3) is 0 Å². The average molecular weight is 308 g/mol. The van der Waals surface area contributed by atoms with Crippen molar-refractivity contribution in [1.82, 2.24) is 19.9 Å². The monoisotopic (exact) mass is 308 g/mol. The molecule has 0 aliphatic carbocycles. The van der Waals surface area contributed by atoms with Gasteiger partial charge in [-0.15, -0.1) is 0 Å². The first kappa shape index (κ1) is 15.0. The Morgan fingerprint density at radius 2 is 2.18 bits per heavy atom. The number of ether oxygens (including phenoxy) is 1. The molecule has 1 aromatic rings. The highest BCUT2D eigenvalue weighted by atomic mass is 16.5. The van der Waals surface area contributed by atoms with Crippen molar-refractivity contribution < 1.29 is 18.8 Å². The van der Waals surface area contributed by atoms with Gasteiger partial charge >= 0.3 is 0 Å². The van der Waals surface area contributed by atoms with Gasteiger partial charge in [-0.05, 0) is 20.3 Å². The average Bonchev–Trinajstić information content (AvgIpc) is 3.05. The Morgan fingerprint density at radius 1 is 1.41 bits per heavy atom. The zero-order chi connectivity index (χ0) is 15.9. The van der Waals surface area contributed by atoms with Crippen LogP contribution in [-0.2, 0) is 14.3 Å². The third kappa shape index (κ3) is 2.47. The Bertz CT molecular complexity index is 587. The molecule has 3 heterocycles. The van der Waals surface area contributed by atoms with E-state index in [9.17, 15) is 9.59 Å². The summed E-state index contributed by atoms with van der Waals surface area (Å²) in [7, 11) is 1.67. The number of morpholine rings is 1. The summed E-state index contributed by atoms with van der Waals surface area (Å²) in [5.41, 5.74) is 0. The second-order valence-corrected chi connectivity index (χ2v) is 5.79. The van der Waals surface area contributed by atoms with Crippen molar-refractivity contribution in [3.05, 3.63) is 11.7 Å². The van der Waals surface area contributed by atoms with Gasteiger partial charge in [0, 0.05) is 20.0 Å². The topological polar surface area (TPSA) is 88.8 Å². The van der Waals surface area contributed by atoms with E-state index in [-0.39, 0.29) is 17.9 Å². The van der Waals surface area contributed by atoms with Crippen LogP contribution < -0.4 is 0 Å². The van der Waals surface area contributed by atoms with Gasteiger partial charge in [-0.1, -0.05) is 5.16 Å². The van der Waals surface area contributed by atoms with Crippen LogP contribution in [0.15, 0.2) is 4.52 Å². The molecule has 0 spiro atoms. The molecule has 8 nitrogen and oxygen atoms in total. The number of likely N-dealkylation sites (tertiary alicyclic amines) is 1. The maximum atomic E-state index is 12.9. The Hall–Kier alpha value is -1.96. The lowest BCUT2D eigenvalue weighted by Gasteiger charge is -2.39. The Labute approximate surface area is 128 Å². The maximum absolute atomic E-state index is 12.9. The van der Waals surface area contributed by atoms with E-state index in [1.807, 2.05) is 6.92 Å². The summed E-state index contributed by atoms with van der Waals surface area (Å²) in [6.45, 7) is 4.53. The Kier molecular flexibility index (Phi) is 3.86. The maximum Gasteiger partial charge on any atom is 0.252 e. The van der Waals surface area contributed by atoms with Gasteiger partial charge in [0.2, 0.25) is 11.8 Å². The SMILES string of the molecule is Cc1noc([C@@H]2[C@@H](C)OCCN2C(=O)[C@H]2CCC(=O)N2C)n1. The van der Waals surface area contributed by atoms with Crippen molar-refractivity contribution >= 4 is 11.8 Å². The molecule has 0 saturated carbocycles. The Balaban J connectivity index is 1.86. The number of nitrogens with zero attached hydrogens (tertiary/aromatic N) is 4. The van der Waals surface area contributed by atoms with Crippen molar-refractivity contribution in [3.63, 3.8) is 0 Å². The molecule has 120 valence electrons. The summed E-state index contributed by atoms with van der Waals surface area (Å²) >= 11 is 0. The second kappa shape index (κ2) is 5.68. The largest absolute Gasteiger partial charge is 0.374 e. The molecular weight excluding hydrogens is 288 g/mol. The van der Waals surface area contributed by atoms with Crippen LogP contribution in [0.1, 0.15) is 37.5 Å². The number of rotatable bonds is 2. The van der Waals surface area contributed by atoms with Gasteiger partial charge in [-0.2, -0.15) is 4.98 Å². The van der Waals surface area contributed by atoms with Crippen LogP contribution in [0.4, 0.5) is 0 Å². The van der Waals surface area contributed by atoms with E-state index in [4.69, 9.17) is 9.26 Å². The predicted octanol–water partition coefficient (Wildman–Crippen LogP) is 0.287. The van der Waals surface area contributed by atoms with Gasteiger partial charge in [0.25, 0.3) is 5.89 Å². The zero-order valence-corrected chi connectivity index (χ0v) is 13.0. The first-order valence-electron chi connectivity index (χ1n) is 7.47. The minimum Gasteiger partial charge on any atom is -0.374 e. The van der Waals surface area contributed by atoms with Gasteiger partial charge in [-0.25, -0.2) is 0 Å². The quantitative estimate of drug-likeness (QED) is 0.780. The van der Waals surface area contributed by atoms with E-state index in [0.29, 0.717) is 37.7 Å². The standard InChI is InChI=1S/C14H20N4O4/c1-8-12(13-15-9(2)16-22-13)18(6-7-21-8)14(20)10-4-5-11(19)17(10)3/h8,10,12H,4-7H2,1-3H3/t8-,10-,12+/m1/s1. The third-order valence-electron chi connectivity index (χ3n) is 4.35. The molecule has 3 atom stereocenters. The summed E-state index contributed by atoms with van der Waals surface area (Å²) in [6.07, 6.45) is 0.729. The number of aryl methyl sites for hydroxylation is 1. The van der Waals surface area contributed by atoms with E-state index in [1.54, 1.807) is 18.9 Å². The molecule has 2 fully saturated rings. The second-order valence-electron chi connectivity index (χ2n) is 5.79. The normalized spacial score (nSPS) is 29.2. The smallest absolute Gasteiger partial charge is 0.252 e. The van der Waals surface area contributed by atoms with E-state index in [0.717, 1.165) is 0 Å². The summed E-state index contributed by atoms with van der Waals surface area (Å²) in [6, 6.07) is -0.823. The lowest BCUT2D eigenvalue weighted by molar-refractivity contribution is -0.153. The number of carbonyl (C=O) groups excluding carboxylic acids is 2. The first-order valence-corrected chi connectivity index (χ1v) is 7.47. The van der Waals surface area contributed by atoms with Crippen molar-refractivity contribution in [3.8, 4) is 0 Å². The van der Waals surface area contributed by atoms with Gasteiger partial charge in [-0.3, -0.25) is 9.59 Å². The predicted molar refractivity (Wildman–Crippen MR) is 74.7 cm³/mol. The number of hydrogen-bond donors (Lipinski definition) is 0. The fourth-order valence-corrected chi connectivity index (χ4v) is 3.12. The lowest BCUT2D eigenvalue weighted by atomic mass is 10.1. The van der Waals surface area contributed by atoms with Crippen LogP contribution in [0.5, 0.6) is 0 Å². The van der Waals surface area contributed by atoms with Crippen LogP contribution in [0.3, 0.4) is 0 Å². The summed E-state index contributed by atoms with van der Waals surface area (Å²) in [5, 5.41) is 3.80. The van der Waals surface area contributed by atoms with Crippen molar-refractivity contribution in [1.29, 1.82) is 0 Å². The van der Waals surface area contributed by atoms with E-state index < -0.39 is 12.1 Å². The molecular formula is C14H20N4O4. The molecule has 2 saturated heterocycles. The highest BCUT2D eigenvalue weighted by Gasteiger charge is 2.43. The number of aromatic nitrogens is 2. The number of likely N-dealkylation sites (N-methyl/N-ethyl adjacent to an activating group) is 1. The molecule has 0 N–H and O–H groups in total. The van der Waals surface area contributed by atoms with Crippen LogP contribution >= 0.6 is 0 Å². The fourth-order valence-electron chi connectivity index (χ4n) is 3.12. The summed E-state index contributed by atoms with van der Waals surface area (Å²) in [5.74, 6) is 0.826. The van der Waals surface area contributed by atoms with Crippen LogP contribution in [-0.4, -0.2) is 64.1 Å². The molecule has 0 bridgehead atoms. The van der Waals surface area contributed by atoms with Gasteiger partial charge in [0.1, 0.15) is 12.1 Å². The summed E-state index contributed by atoms with van der Waals surface area (Å²) in [4.78, 5) is 32.0. The Morgan fingerprint density at radius 3 is 2.77 bits per heavy atom. The zero-order valence-electron chi connectivity index (χ0n) is 13.0. The summed E-state index contributed by atoms with van der Waals surface area (Å²) < 4.78 is 10.9. The van der Waals surface area contributed by atoms with E-state index in [2.05, 4.69) is 10.1 Å².